The largest absolute Gasteiger partial charge is 0.456 e. The molecule has 11 aromatic rings. The van der Waals surface area contributed by atoms with Crippen LogP contribution in [0.5, 0.6) is 0 Å². The van der Waals surface area contributed by atoms with E-state index >= 15 is 0 Å². The van der Waals surface area contributed by atoms with E-state index in [9.17, 15) is 0 Å². The fraction of sp³-hybridized carbons (Fsp3) is 0. The van der Waals surface area contributed by atoms with E-state index in [1.54, 1.807) is 0 Å². The topological polar surface area (TPSA) is 16.4 Å². The minimum absolute atomic E-state index is 0.859. The zero-order valence-corrected chi connectivity index (χ0v) is 30.6. The van der Waals surface area contributed by atoms with Gasteiger partial charge in [0.1, 0.15) is 11.2 Å². The molecule has 0 unspecified atom stereocenters. The van der Waals surface area contributed by atoms with Crippen molar-refractivity contribution in [3.05, 3.63) is 212 Å². The van der Waals surface area contributed by atoms with Crippen molar-refractivity contribution in [3.63, 3.8) is 0 Å². The second-order valence-corrected chi connectivity index (χ2v) is 14.4. The van der Waals surface area contributed by atoms with Crippen LogP contribution in [0.25, 0.3) is 87.6 Å². The van der Waals surface area contributed by atoms with Gasteiger partial charge in [-0.1, -0.05) is 164 Å². The standard InChI is InChI=1S/C54H35NO/c1-2-14-36(15-3-1)37-28-30-40(31-29-37)55(41-32-33-47-46-23-10-11-27-52(46)56-53(47)35-41)51-26-13-25-49(54(51)48-24-12-18-38-16-4-6-19-42(38)48)50-34-39-17-5-7-20-43(39)44-21-8-9-22-45(44)50/h1-35H. The van der Waals surface area contributed by atoms with Crippen molar-refractivity contribution in [2.75, 3.05) is 4.90 Å². The molecule has 10 aromatic carbocycles. The van der Waals surface area contributed by atoms with Crippen LogP contribution >= 0.6 is 0 Å². The number of rotatable bonds is 6. The first kappa shape index (κ1) is 32.0. The second-order valence-electron chi connectivity index (χ2n) is 14.4. The van der Waals surface area contributed by atoms with Gasteiger partial charge >= 0.3 is 0 Å². The molecule has 0 amide bonds. The summed E-state index contributed by atoms with van der Waals surface area (Å²) in [7, 11) is 0. The number of furan rings is 1. The molecule has 0 N–H and O–H groups in total. The number of hydrogen-bond acceptors (Lipinski definition) is 2. The molecule has 1 heterocycles. The first-order valence-electron chi connectivity index (χ1n) is 19.2. The van der Waals surface area contributed by atoms with Crippen molar-refractivity contribution in [2.24, 2.45) is 0 Å². The highest BCUT2D eigenvalue weighted by atomic mass is 16.3. The number of hydrogen-bond donors (Lipinski definition) is 0. The SMILES string of the molecule is c1ccc(-c2ccc(N(c3ccc4c(c3)oc3ccccc34)c3cccc(-c4cc5ccccc5c5ccccc45)c3-c3cccc4ccccc34)cc2)cc1. The number of nitrogens with zero attached hydrogens (tertiary/aromatic N) is 1. The third-order valence-corrected chi connectivity index (χ3v) is 11.3. The van der Waals surface area contributed by atoms with E-state index in [-0.39, 0.29) is 0 Å². The molecule has 0 spiro atoms. The first-order valence-corrected chi connectivity index (χ1v) is 19.2. The number of fused-ring (bicyclic) bond motifs is 7. The third-order valence-electron chi connectivity index (χ3n) is 11.3. The Labute approximate surface area is 325 Å². The summed E-state index contributed by atoms with van der Waals surface area (Å²) in [6.45, 7) is 0. The molecule has 0 radical (unpaired) electrons. The molecule has 0 aliphatic heterocycles. The molecule has 56 heavy (non-hydrogen) atoms. The molecular formula is C54H35NO. The van der Waals surface area contributed by atoms with Crippen LogP contribution in [0.15, 0.2) is 217 Å². The van der Waals surface area contributed by atoms with Crippen LogP contribution in [-0.4, -0.2) is 0 Å². The molecule has 2 heteroatoms. The smallest absolute Gasteiger partial charge is 0.137 e. The van der Waals surface area contributed by atoms with E-state index in [0.29, 0.717) is 0 Å². The molecule has 0 aliphatic rings. The van der Waals surface area contributed by atoms with Gasteiger partial charge in [0.25, 0.3) is 0 Å². The molecule has 0 saturated heterocycles. The molecule has 0 atom stereocenters. The predicted octanol–water partition coefficient (Wildman–Crippen LogP) is 15.5. The summed E-state index contributed by atoms with van der Waals surface area (Å²) >= 11 is 0. The fourth-order valence-corrected chi connectivity index (χ4v) is 8.67. The van der Waals surface area contributed by atoms with E-state index in [2.05, 4.69) is 205 Å². The lowest BCUT2D eigenvalue weighted by Gasteiger charge is -2.30. The van der Waals surface area contributed by atoms with Crippen LogP contribution in [0.3, 0.4) is 0 Å². The Balaban J connectivity index is 1.23. The molecule has 262 valence electrons. The minimum Gasteiger partial charge on any atom is -0.456 e. The zero-order chi connectivity index (χ0) is 37.0. The van der Waals surface area contributed by atoms with Gasteiger partial charge < -0.3 is 9.32 Å². The van der Waals surface area contributed by atoms with E-state index in [1.807, 2.05) is 12.1 Å². The maximum absolute atomic E-state index is 6.52. The van der Waals surface area contributed by atoms with E-state index in [0.717, 1.165) is 39.0 Å². The lowest BCUT2D eigenvalue weighted by Crippen LogP contribution is -2.12. The molecule has 0 saturated carbocycles. The van der Waals surface area contributed by atoms with Gasteiger partial charge in [0, 0.05) is 33.8 Å². The van der Waals surface area contributed by atoms with Gasteiger partial charge in [-0.05, 0) is 103 Å². The van der Waals surface area contributed by atoms with Gasteiger partial charge in [0.15, 0.2) is 0 Å². The summed E-state index contributed by atoms with van der Waals surface area (Å²) in [4.78, 5) is 2.41. The highest BCUT2D eigenvalue weighted by molar-refractivity contribution is 6.17. The number of anilines is 3. The maximum Gasteiger partial charge on any atom is 0.137 e. The predicted molar refractivity (Wildman–Crippen MR) is 237 cm³/mol. The van der Waals surface area contributed by atoms with Gasteiger partial charge in [0.05, 0.1) is 5.69 Å². The van der Waals surface area contributed by atoms with Crippen molar-refractivity contribution < 1.29 is 4.42 Å². The molecule has 1 aromatic heterocycles. The minimum atomic E-state index is 0.859. The summed E-state index contributed by atoms with van der Waals surface area (Å²) in [5.41, 5.74) is 12.0. The lowest BCUT2D eigenvalue weighted by atomic mass is 9.86. The lowest BCUT2D eigenvalue weighted by molar-refractivity contribution is 0.669. The summed E-state index contributed by atoms with van der Waals surface area (Å²) in [6, 6.07) is 76.6. The Hall–Kier alpha value is -7.42. The van der Waals surface area contributed by atoms with Crippen LogP contribution in [0, 0.1) is 0 Å². The summed E-state index contributed by atoms with van der Waals surface area (Å²) < 4.78 is 6.52. The van der Waals surface area contributed by atoms with Crippen molar-refractivity contribution in [2.45, 2.75) is 0 Å². The van der Waals surface area contributed by atoms with Crippen LogP contribution < -0.4 is 4.90 Å². The number of benzene rings is 10. The quantitative estimate of drug-likeness (QED) is 0.160. The molecule has 0 bridgehead atoms. The number of para-hydroxylation sites is 1. The normalized spacial score (nSPS) is 11.6. The van der Waals surface area contributed by atoms with Gasteiger partial charge in [-0.15, -0.1) is 0 Å². The third kappa shape index (κ3) is 5.26. The summed E-state index contributed by atoms with van der Waals surface area (Å²) in [5.74, 6) is 0. The Morgan fingerprint density at radius 1 is 0.304 bits per heavy atom. The van der Waals surface area contributed by atoms with Crippen LogP contribution in [0.1, 0.15) is 0 Å². The Kier molecular flexibility index (Phi) is 7.53. The highest BCUT2D eigenvalue weighted by Crippen LogP contribution is 2.49. The zero-order valence-electron chi connectivity index (χ0n) is 30.6. The van der Waals surface area contributed by atoms with Gasteiger partial charge in [0.2, 0.25) is 0 Å². The molecule has 11 rings (SSSR count). The molecule has 0 aliphatic carbocycles. The van der Waals surface area contributed by atoms with E-state index < -0.39 is 0 Å². The van der Waals surface area contributed by atoms with Gasteiger partial charge in [-0.3, -0.25) is 0 Å². The Bertz CT molecular complexity index is 3240. The Morgan fingerprint density at radius 3 is 1.73 bits per heavy atom. The monoisotopic (exact) mass is 713 g/mol. The molecule has 0 fully saturated rings. The average molecular weight is 714 g/mol. The van der Waals surface area contributed by atoms with E-state index in [4.69, 9.17) is 4.42 Å². The van der Waals surface area contributed by atoms with Gasteiger partial charge in [-0.25, -0.2) is 0 Å². The van der Waals surface area contributed by atoms with Crippen molar-refractivity contribution >= 4 is 71.3 Å². The molecule has 2 nitrogen and oxygen atoms in total. The van der Waals surface area contributed by atoms with Crippen LogP contribution in [0.2, 0.25) is 0 Å². The van der Waals surface area contributed by atoms with Crippen LogP contribution in [0.4, 0.5) is 17.1 Å². The highest BCUT2D eigenvalue weighted by Gasteiger charge is 2.24. The Morgan fingerprint density at radius 2 is 0.893 bits per heavy atom. The van der Waals surface area contributed by atoms with E-state index in [1.165, 1.54) is 65.7 Å². The average Bonchev–Trinajstić information content (AvgIpc) is 3.64. The first-order chi connectivity index (χ1) is 27.8. The maximum atomic E-state index is 6.52. The fourth-order valence-electron chi connectivity index (χ4n) is 8.67. The second kappa shape index (κ2) is 13.2. The summed E-state index contributed by atoms with van der Waals surface area (Å²) in [6.07, 6.45) is 0. The summed E-state index contributed by atoms with van der Waals surface area (Å²) in [5, 5.41) is 9.60. The van der Waals surface area contributed by atoms with Crippen molar-refractivity contribution in [1.82, 2.24) is 0 Å². The van der Waals surface area contributed by atoms with Crippen molar-refractivity contribution in [3.8, 4) is 33.4 Å². The van der Waals surface area contributed by atoms with Crippen molar-refractivity contribution in [1.29, 1.82) is 0 Å². The van der Waals surface area contributed by atoms with Crippen LogP contribution in [-0.2, 0) is 0 Å². The molecular weight excluding hydrogens is 679 g/mol. The van der Waals surface area contributed by atoms with Gasteiger partial charge in [-0.2, -0.15) is 0 Å².